The Morgan fingerprint density at radius 3 is 3.18 bits per heavy atom. The van der Waals surface area contributed by atoms with Gasteiger partial charge in [-0.15, -0.1) is 0 Å². The third-order valence-electron chi connectivity index (χ3n) is 2.87. The van der Waals surface area contributed by atoms with Crippen LogP contribution in [0.1, 0.15) is 12.2 Å². The summed E-state index contributed by atoms with van der Waals surface area (Å²) < 4.78 is 10.3. The maximum atomic E-state index is 5.84. The van der Waals surface area contributed by atoms with Gasteiger partial charge in [-0.05, 0) is 18.6 Å². The van der Waals surface area contributed by atoms with Crippen molar-refractivity contribution in [3.8, 4) is 11.7 Å². The average molecular weight is 234 g/mol. The molecule has 2 N–H and O–H groups in total. The molecular formula is C11H14N4O2. The largest absolute Gasteiger partial charge is 0.459 e. The maximum Gasteiger partial charge on any atom is 0.293 e. The normalized spacial score (nSPS) is 21.1. The Morgan fingerprint density at radius 2 is 2.47 bits per heavy atom. The smallest absolute Gasteiger partial charge is 0.293 e. The summed E-state index contributed by atoms with van der Waals surface area (Å²) in [5, 5.41) is 3.93. The predicted molar refractivity (Wildman–Crippen MR) is 59.9 cm³/mol. The Bertz CT molecular complexity index is 479. The van der Waals surface area contributed by atoms with Crippen molar-refractivity contribution in [2.45, 2.75) is 19.0 Å². The van der Waals surface area contributed by atoms with E-state index in [9.17, 15) is 0 Å². The van der Waals surface area contributed by atoms with Crippen LogP contribution in [0.5, 0.6) is 0 Å². The minimum atomic E-state index is 0.270. The fourth-order valence-electron chi connectivity index (χ4n) is 2.02. The van der Waals surface area contributed by atoms with Gasteiger partial charge in [0, 0.05) is 19.1 Å². The third-order valence-corrected chi connectivity index (χ3v) is 2.87. The van der Waals surface area contributed by atoms with Gasteiger partial charge in [-0.2, -0.15) is 4.98 Å². The number of nitrogens with two attached hydrogens (primary N) is 1. The highest BCUT2D eigenvalue weighted by atomic mass is 16.5. The summed E-state index contributed by atoms with van der Waals surface area (Å²) in [4.78, 5) is 6.51. The second-order valence-electron chi connectivity index (χ2n) is 4.28. The molecule has 0 saturated carbocycles. The van der Waals surface area contributed by atoms with Crippen LogP contribution in [0.15, 0.2) is 27.3 Å². The highest BCUT2D eigenvalue weighted by molar-refractivity contribution is 5.42. The molecule has 1 aliphatic rings. The summed E-state index contributed by atoms with van der Waals surface area (Å²) in [5.41, 5.74) is 5.84. The summed E-state index contributed by atoms with van der Waals surface area (Å²) in [7, 11) is 0. The molecule has 0 aromatic carbocycles. The molecule has 1 aliphatic heterocycles. The topological polar surface area (TPSA) is 81.3 Å². The Morgan fingerprint density at radius 1 is 1.53 bits per heavy atom. The van der Waals surface area contributed by atoms with Crippen LogP contribution in [0, 0.1) is 0 Å². The molecule has 0 bridgehead atoms. The van der Waals surface area contributed by atoms with E-state index in [4.69, 9.17) is 14.7 Å². The van der Waals surface area contributed by atoms with Crippen molar-refractivity contribution in [3.63, 3.8) is 0 Å². The van der Waals surface area contributed by atoms with E-state index in [0.717, 1.165) is 19.5 Å². The van der Waals surface area contributed by atoms with Gasteiger partial charge in [0.2, 0.25) is 0 Å². The Labute approximate surface area is 98.4 Å². The Balaban J connectivity index is 1.69. The molecule has 1 atom stereocenters. The van der Waals surface area contributed by atoms with Gasteiger partial charge in [-0.3, -0.25) is 4.90 Å². The van der Waals surface area contributed by atoms with E-state index in [-0.39, 0.29) is 6.04 Å². The number of rotatable bonds is 3. The van der Waals surface area contributed by atoms with Crippen LogP contribution >= 0.6 is 0 Å². The van der Waals surface area contributed by atoms with Crippen molar-refractivity contribution < 1.29 is 8.94 Å². The van der Waals surface area contributed by atoms with Crippen LogP contribution < -0.4 is 5.73 Å². The van der Waals surface area contributed by atoms with Crippen LogP contribution in [-0.4, -0.2) is 34.2 Å². The first-order chi connectivity index (χ1) is 8.31. The van der Waals surface area contributed by atoms with Gasteiger partial charge in [-0.1, -0.05) is 5.16 Å². The molecule has 0 amide bonds. The Hall–Kier alpha value is -1.66. The highest BCUT2D eigenvalue weighted by Crippen LogP contribution is 2.18. The number of aromatic nitrogens is 2. The van der Waals surface area contributed by atoms with E-state index in [2.05, 4.69) is 15.0 Å². The molecule has 2 aromatic heterocycles. The second kappa shape index (κ2) is 4.31. The highest BCUT2D eigenvalue weighted by Gasteiger charge is 2.21. The van der Waals surface area contributed by atoms with Crippen LogP contribution in [0.3, 0.4) is 0 Å². The number of nitrogens with zero attached hydrogens (tertiary/aromatic N) is 3. The summed E-state index contributed by atoms with van der Waals surface area (Å²) in [5.74, 6) is 1.70. The van der Waals surface area contributed by atoms with Crippen molar-refractivity contribution in [1.29, 1.82) is 0 Å². The zero-order valence-electron chi connectivity index (χ0n) is 9.37. The molecule has 6 heteroatoms. The van der Waals surface area contributed by atoms with Gasteiger partial charge in [0.15, 0.2) is 11.6 Å². The molecule has 6 nitrogen and oxygen atoms in total. The molecule has 0 spiro atoms. The molecule has 2 aromatic rings. The molecule has 3 heterocycles. The zero-order valence-corrected chi connectivity index (χ0v) is 9.37. The van der Waals surface area contributed by atoms with Crippen molar-refractivity contribution in [1.82, 2.24) is 15.0 Å². The molecule has 90 valence electrons. The standard InChI is InChI=1S/C11H14N4O2/c12-8-3-4-15(6-8)7-10-13-11(17-14-10)9-2-1-5-16-9/h1-2,5,8H,3-4,6-7,12H2. The molecule has 0 radical (unpaired) electrons. The van der Waals surface area contributed by atoms with E-state index >= 15 is 0 Å². The molecule has 3 rings (SSSR count). The van der Waals surface area contributed by atoms with Crippen molar-refractivity contribution in [2.24, 2.45) is 5.73 Å². The number of hydrogen-bond donors (Lipinski definition) is 1. The molecule has 0 aliphatic carbocycles. The van der Waals surface area contributed by atoms with Gasteiger partial charge >= 0.3 is 0 Å². The quantitative estimate of drug-likeness (QED) is 0.848. The number of hydrogen-bond acceptors (Lipinski definition) is 6. The first-order valence-corrected chi connectivity index (χ1v) is 5.65. The lowest BCUT2D eigenvalue weighted by Gasteiger charge is -2.11. The van der Waals surface area contributed by atoms with Gasteiger partial charge < -0.3 is 14.7 Å². The van der Waals surface area contributed by atoms with Crippen LogP contribution in [0.2, 0.25) is 0 Å². The van der Waals surface area contributed by atoms with Crippen molar-refractivity contribution >= 4 is 0 Å². The molecule has 1 saturated heterocycles. The molecule has 17 heavy (non-hydrogen) atoms. The van der Waals surface area contributed by atoms with Gasteiger partial charge in [-0.25, -0.2) is 0 Å². The lowest BCUT2D eigenvalue weighted by molar-refractivity contribution is 0.308. The molecule has 1 fully saturated rings. The lowest BCUT2D eigenvalue weighted by atomic mass is 10.3. The lowest BCUT2D eigenvalue weighted by Crippen LogP contribution is -2.26. The first kappa shape index (κ1) is 10.5. The monoisotopic (exact) mass is 234 g/mol. The average Bonchev–Trinajstić information content (AvgIpc) is 3.00. The maximum absolute atomic E-state index is 5.84. The van der Waals surface area contributed by atoms with Crippen molar-refractivity contribution in [3.05, 3.63) is 24.2 Å². The summed E-state index contributed by atoms with van der Waals surface area (Å²) in [6, 6.07) is 3.85. The summed E-state index contributed by atoms with van der Waals surface area (Å²) in [6.45, 7) is 2.56. The number of furan rings is 1. The van der Waals surface area contributed by atoms with Gasteiger partial charge in [0.1, 0.15) is 0 Å². The number of likely N-dealkylation sites (tertiary alicyclic amines) is 1. The van der Waals surface area contributed by atoms with Gasteiger partial charge in [0.05, 0.1) is 12.8 Å². The molecular weight excluding hydrogens is 220 g/mol. The molecule has 1 unspecified atom stereocenters. The van der Waals surface area contributed by atoms with Crippen LogP contribution in [-0.2, 0) is 6.54 Å². The minimum absolute atomic E-state index is 0.270. The van der Waals surface area contributed by atoms with Gasteiger partial charge in [0.25, 0.3) is 5.89 Å². The zero-order chi connectivity index (χ0) is 11.7. The van der Waals surface area contributed by atoms with E-state index in [0.29, 0.717) is 24.0 Å². The van der Waals surface area contributed by atoms with Crippen LogP contribution in [0.4, 0.5) is 0 Å². The van der Waals surface area contributed by atoms with Crippen molar-refractivity contribution in [2.75, 3.05) is 13.1 Å². The SMILES string of the molecule is NC1CCN(Cc2noc(-c3ccco3)n2)C1. The fourth-order valence-corrected chi connectivity index (χ4v) is 2.02. The van der Waals surface area contributed by atoms with E-state index in [1.807, 2.05) is 0 Å². The van der Waals surface area contributed by atoms with Crippen LogP contribution in [0.25, 0.3) is 11.7 Å². The first-order valence-electron chi connectivity index (χ1n) is 5.65. The Kier molecular flexibility index (Phi) is 2.66. The minimum Gasteiger partial charge on any atom is -0.459 e. The van der Waals surface area contributed by atoms with E-state index in [1.54, 1.807) is 18.4 Å². The third kappa shape index (κ3) is 2.22. The summed E-state index contributed by atoms with van der Waals surface area (Å²) in [6.07, 6.45) is 2.61. The van der Waals surface area contributed by atoms with E-state index in [1.165, 1.54) is 0 Å². The second-order valence-corrected chi connectivity index (χ2v) is 4.28. The van der Waals surface area contributed by atoms with E-state index < -0.39 is 0 Å². The summed E-state index contributed by atoms with van der Waals surface area (Å²) >= 11 is 0. The predicted octanol–water partition coefficient (Wildman–Crippen LogP) is 0.863. The fraction of sp³-hybridized carbons (Fsp3) is 0.455.